The van der Waals surface area contributed by atoms with Crippen molar-refractivity contribution in [3.8, 4) is 11.5 Å². The molecule has 21 heavy (non-hydrogen) atoms. The molecule has 2 aliphatic rings. The monoisotopic (exact) mass is 309 g/mol. The number of likely N-dealkylation sites (tertiary alicyclic amines) is 1. The topological polar surface area (TPSA) is 38.8 Å². The summed E-state index contributed by atoms with van der Waals surface area (Å²) in [5.74, 6) is 1.72. The van der Waals surface area contributed by atoms with Crippen molar-refractivity contribution < 1.29 is 14.3 Å². The highest BCUT2D eigenvalue weighted by Gasteiger charge is 2.23. The number of nitrogens with zero attached hydrogens (tertiary/aromatic N) is 1. The molecule has 0 N–H and O–H groups in total. The quantitative estimate of drug-likeness (QED) is 0.843. The average Bonchev–Trinajstić information content (AvgIpc) is 2.48. The molecule has 0 atom stereocenters. The smallest absolute Gasteiger partial charge is 0.219 e. The van der Waals surface area contributed by atoms with Gasteiger partial charge in [0, 0.05) is 38.9 Å². The maximum atomic E-state index is 11.3. The molecule has 0 aromatic heterocycles. The van der Waals surface area contributed by atoms with E-state index >= 15 is 0 Å². The minimum Gasteiger partial charge on any atom is -0.493 e. The molecule has 0 radical (unpaired) electrons. The molecular weight excluding hydrogens is 290 g/mol. The molecule has 1 aromatic carbocycles. The third kappa shape index (κ3) is 3.26. The van der Waals surface area contributed by atoms with Gasteiger partial charge in [0.25, 0.3) is 0 Å². The van der Waals surface area contributed by atoms with Crippen LogP contribution in [0.4, 0.5) is 0 Å². The van der Waals surface area contributed by atoms with Crippen molar-refractivity contribution in [2.24, 2.45) is 0 Å². The summed E-state index contributed by atoms with van der Waals surface area (Å²) in [5.41, 5.74) is 1.16. The fraction of sp³-hybridized carbons (Fsp3) is 0.562. The Bertz CT molecular complexity index is 539. The molecule has 0 unspecified atom stereocenters. The van der Waals surface area contributed by atoms with Crippen LogP contribution in [0.2, 0.25) is 5.02 Å². The largest absolute Gasteiger partial charge is 0.493 e. The van der Waals surface area contributed by atoms with Gasteiger partial charge in [-0.05, 0) is 24.5 Å². The first-order chi connectivity index (χ1) is 10.1. The van der Waals surface area contributed by atoms with Crippen molar-refractivity contribution in [2.45, 2.75) is 38.7 Å². The lowest BCUT2D eigenvalue weighted by atomic mass is 10.1. The van der Waals surface area contributed by atoms with Crippen molar-refractivity contribution in [2.75, 3.05) is 19.7 Å². The zero-order valence-corrected chi connectivity index (χ0v) is 13.0. The fourth-order valence-corrected chi connectivity index (χ4v) is 3.14. The lowest BCUT2D eigenvalue weighted by Gasteiger charge is -2.32. The van der Waals surface area contributed by atoms with Gasteiger partial charge >= 0.3 is 0 Å². The van der Waals surface area contributed by atoms with Crippen LogP contribution >= 0.6 is 11.6 Å². The number of carbonyl (C=O) groups excluding carboxylic acids is 1. The zero-order valence-electron chi connectivity index (χ0n) is 12.2. The van der Waals surface area contributed by atoms with Crippen molar-refractivity contribution in [1.29, 1.82) is 0 Å². The number of piperidine rings is 1. The lowest BCUT2D eigenvalue weighted by molar-refractivity contribution is -0.130. The van der Waals surface area contributed by atoms with Crippen LogP contribution in [0.1, 0.15) is 31.7 Å². The van der Waals surface area contributed by atoms with Crippen LogP contribution in [-0.4, -0.2) is 36.6 Å². The van der Waals surface area contributed by atoms with Gasteiger partial charge in [-0.15, -0.1) is 0 Å². The van der Waals surface area contributed by atoms with Gasteiger partial charge in [0.2, 0.25) is 5.91 Å². The maximum absolute atomic E-state index is 11.3. The molecule has 0 aliphatic carbocycles. The van der Waals surface area contributed by atoms with E-state index in [1.807, 2.05) is 17.0 Å². The third-order valence-electron chi connectivity index (χ3n) is 4.14. The van der Waals surface area contributed by atoms with Crippen LogP contribution in [-0.2, 0) is 11.2 Å². The van der Waals surface area contributed by atoms with Gasteiger partial charge in [-0.3, -0.25) is 4.79 Å². The minimum absolute atomic E-state index is 0.111. The number of amides is 1. The van der Waals surface area contributed by atoms with Crippen molar-refractivity contribution in [3.63, 3.8) is 0 Å². The Kier molecular flexibility index (Phi) is 4.24. The molecule has 5 heteroatoms. The highest BCUT2D eigenvalue weighted by Crippen LogP contribution is 2.36. The summed E-state index contributed by atoms with van der Waals surface area (Å²) < 4.78 is 11.7. The van der Waals surface area contributed by atoms with Gasteiger partial charge in [-0.25, -0.2) is 0 Å². The Morgan fingerprint density at radius 3 is 2.86 bits per heavy atom. The van der Waals surface area contributed by atoms with Crippen LogP contribution in [0.25, 0.3) is 0 Å². The molecule has 1 fully saturated rings. The van der Waals surface area contributed by atoms with E-state index in [9.17, 15) is 4.79 Å². The Balaban J connectivity index is 1.67. The molecule has 1 saturated heterocycles. The van der Waals surface area contributed by atoms with Gasteiger partial charge in [-0.2, -0.15) is 0 Å². The number of rotatable bonds is 2. The highest BCUT2D eigenvalue weighted by molar-refractivity contribution is 6.32. The third-order valence-corrected chi connectivity index (χ3v) is 4.44. The van der Waals surface area contributed by atoms with Gasteiger partial charge in [-0.1, -0.05) is 11.6 Å². The fourth-order valence-electron chi connectivity index (χ4n) is 2.91. The van der Waals surface area contributed by atoms with E-state index in [2.05, 4.69) is 0 Å². The Morgan fingerprint density at radius 2 is 2.14 bits per heavy atom. The van der Waals surface area contributed by atoms with Crippen molar-refractivity contribution >= 4 is 17.5 Å². The number of ether oxygens (including phenoxy) is 2. The number of hydrogen-bond acceptors (Lipinski definition) is 3. The van der Waals surface area contributed by atoms with Gasteiger partial charge < -0.3 is 14.4 Å². The molecule has 114 valence electrons. The number of halogens is 1. The predicted octanol–water partition coefficient (Wildman–Crippen LogP) is 3.05. The number of benzene rings is 1. The van der Waals surface area contributed by atoms with Crippen LogP contribution in [0.15, 0.2) is 12.1 Å². The summed E-state index contributed by atoms with van der Waals surface area (Å²) in [6.45, 7) is 3.86. The Morgan fingerprint density at radius 1 is 1.38 bits per heavy atom. The van der Waals surface area contributed by atoms with E-state index in [4.69, 9.17) is 21.1 Å². The Labute approximate surface area is 130 Å². The molecular formula is C16H20ClNO3. The molecule has 0 bridgehead atoms. The standard InChI is InChI=1S/C16H20ClNO3/c1-11(19)18-6-4-13(5-7-18)21-16-10-15-12(9-14(16)17)3-2-8-20-15/h9-10,13H,2-8H2,1H3. The molecule has 1 aromatic rings. The molecule has 0 saturated carbocycles. The molecule has 4 nitrogen and oxygen atoms in total. The maximum Gasteiger partial charge on any atom is 0.219 e. The molecule has 1 amide bonds. The first-order valence-electron chi connectivity index (χ1n) is 7.51. The van der Waals surface area contributed by atoms with E-state index in [0.29, 0.717) is 10.8 Å². The number of fused-ring (bicyclic) bond motifs is 1. The van der Waals surface area contributed by atoms with Gasteiger partial charge in [0.1, 0.15) is 17.6 Å². The molecule has 0 spiro atoms. The van der Waals surface area contributed by atoms with E-state index < -0.39 is 0 Å². The second-order valence-corrected chi connectivity index (χ2v) is 6.07. The summed E-state index contributed by atoms with van der Waals surface area (Å²) in [7, 11) is 0. The highest BCUT2D eigenvalue weighted by atomic mass is 35.5. The zero-order chi connectivity index (χ0) is 14.8. The van der Waals surface area contributed by atoms with E-state index in [0.717, 1.165) is 56.7 Å². The summed E-state index contributed by atoms with van der Waals surface area (Å²) >= 11 is 6.31. The van der Waals surface area contributed by atoms with Crippen LogP contribution in [0, 0.1) is 0 Å². The first kappa shape index (κ1) is 14.5. The second-order valence-electron chi connectivity index (χ2n) is 5.67. The number of hydrogen-bond donors (Lipinski definition) is 0. The summed E-state index contributed by atoms with van der Waals surface area (Å²) in [5, 5.41) is 0.647. The van der Waals surface area contributed by atoms with E-state index in [-0.39, 0.29) is 12.0 Å². The van der Waals surface area contributed by atoms with E-state index in [1.165, 1.54) is 0 Å². The van der Waals surface area contributed by atoms with E-state index in [1.54, 1.807) is 6.92 Å². The summed E-state index contributed by atoms with van der Waals surface area (Å²) in [6.07, 6.45) is 3.83. The van der Waals surface area contributed by atoms with Gasteiger partial charge in [0.05, 0.1) is 11.6 Å². The first-order valence-corrected chi connectivity index (χ1v) is 7.88. The average molecular weight is 310 g/mol. The second kappa shape index (κ2) is 6.14. The van der Waals surface area contributed by atoms with Gasteiger partial charge in [0.15, 0.2) is 0 Å². The molecule has 2 aliphatic heterocycles. The molecule has 3 rings (SSSR count). The number of carbonyl (C=O) groups is 1. The van der Waals surface area contributed by atoms with Crippen LogP contribution in [0.3, 0.4) is 0 Å². The minimum atomic E-state index is 0.111. The number of aryl methyl sites for hydroxylation is 1. The van der Waals surface area contributed by atoms with Crippen molar-refractivity contribution in [3.05, 3.63) is 22.7 Å². The SMILES string of the molecule is CC(=O)N1CCC(Oc2cc3c(cc2Cl)CCCO3)CC1. The lowest BCUT2D eigenvalue weighted by Crippen LogP contribution is -2.40. The van der Waals surface area contributed by atoms with Crippen molar-refractivity contribution in [1.82, 2.24) is 4.90 Å². The normalized spacial score (nSPS) is 18.9. The van der Waals surface area contributed by atoms with Crippen LogP contribution in [0.5, 0.6) is 11.5 Å². The molecule has 2 heterocycles. The predicted molar refractivity (Wildman–Crippen MR) is 81.2 cm³/mol. The Hall–Kier alpha value is -1.42. The van der Waals surface area contributed by atoms with Crippen LogP contribution < -0.4 is 9.47 Å². The summed E-state index contributed by atoms with van der Waals surface area (Å²) in [4.78, 5) is 13.2. The summed E-state index contributed by atoms with van der Waals surface area (Å²) in [6, 6.07) is 3.87.